The number of amides is 3. The Morgan fingerprint density at radius 1 is 1.35 bits per heavy atom. The van der Waals surface area contributed by atoms with E-state index in [-0.39, 0.29) is 12.5 Å². The van der Waals surface area contributed by atoms with E-state index in [2.05, 4.69) is 17.1 Å². The second kappa shape index (κ2) is 7.24. The Morgan fingerprint density at radius 3 is 2.59 bits per heavy atom. The number of likely N-dealkylation sites (tertiary alicyclic amines) is 1. The molecule has 1 saturated heterocycles. The highest BCUT2D eigenvalue weighted by molar-refractivity contribution is 5.94. The van der Waals surface area contributed by atoms with Gasteiger partial charge in [-0.3, -0.25) is 10.1 Å². The number of primary amides is 1. The molecule has 1 heterocycles. The highest BCUT2D eigenvalue weighted by Gasteiger charge is 2.14. The largest absolute Gasteiger partial charge is 0.351 e. The number of nitrogens with two attached hydrogens (primary N) is 1. The number of imide groups is 1. The Labute approximate surface area is 102 Å². The first-order chi connectivity index (χ1) is 8.08. The van der Waals surface area contributed by atoms with Gasteiger partial charge in [-0.25, -0.2) is 4.79 Å². The maximum atomic E-state index is 11.1. The fourth-order valence-electron chi connectivity index (χ4n) is 2.08. The van der Waals surface area contributed by atoms with Crippen LogP contribution in [0.2, 0.25) is 0 Å². The molecule has 1 atom stereocenters. The summed E-state index contributed by atoms with van der Waals surface area (Å²) < 4.78 is 0. The molecule has 0 radical (unpaired) electrons. The van der Waals surface area contributed by atoms with Gasteiger partial charge in [0.1, 0.15) is 0 Å². The predicted octanol–water partition coefficient (Wildman–Crippen LogP) is -0.497. The van der Waals surface area contributed by atoms with Gasteiger partial charge in [0, 0.05) is 6.54 Å². The van der Waals surface area contributed by atoms with Crippen molar-refractivity contribution < 1.29 is 9.59 Å². The molecule has 1 aliphatic rings. The van der Waals surface area contributed by atoms with E-state index < -0.39 is 6.03 Å². The van der Waals surface area contributed by atoms with E-state index in [4.69, 9.17) is 5.73 Å². The van der Waals surface area contributed by atoms with E-state index in [0.717, 1.165) is 13.1 Å². The fraction of sp³-hybridized carbons (Fsp3) is 0.818. The van der Waals surface area contributed by atoms with Crippen molar-refractivity contribution in [3.8, 4) is 0 Å². The average molecular weight is 242 g/mol. The van der Waals surface area contributed by atoms with Crippen LogP contribution in [0.1, 0.15) is 19.8 Å². The lowest BCUT2D eigenvalue weighted by molar-refractivity contribution is -0.119. The van der Waals surface area contributed by atoms with Gasteiger partial charge < -0.3 is 16.0 Å². The Bertz CT molecular complexity index is 264. The van der Waals surface area contributed by atoms with Gasteiger partial charge in [-0.2, -0.15) is 0 Å². The molecule has 17 heavy (non-hydrogen) atoms. The van der Waals surface area contributed by atoms with Crippen molar-refractivity contribution in [1.29, 1.82) is 0 Å². The zero-order valence-electron chi connectivity index (χ0n) is 10.4. The monoisotopic (exact) mass is 242 g/mol. The van der Waals surface area contributed by atoms with Gasteiger partial charge in [-0.15, -0.1) is 0 Å². The Balaban J connectivity index is 2.04. The minimum atomic E-state index is -0.804. The average Bonchev–Trinajstić information content (AvgIpc) is 2.69. The molecule has 1 fully saturated rings. The smallest absolute Gasteiger partial charge is 0.318 e. The Kier molecular flexibility index (Phi) is 5.93. The van der Waals surface area contributed by atoms with Crippen molar-refractivity contribution in [2.24, 2.45) is 11.7 Å². The molecule has 0 aromatic carbocycles. The van der Waals surface area contributed by atoms with Crippen LogP contribution in [0.5, 0.6) is 0 Å². The number of carbonyl (C=O) groups excluding carboxylic acids is 2. The predicted molar refractivity (Wildman–Crippen MR) is 65.4 cm³/mol. The molecule has 0 aromatic rings. The van der Waals surface area contributed by atoms with E-state index in [1.54, 1.807) is 0 Å². The van der Waals surface area contributed by atoms with Gasteiger partial charge in [0.05, 0.1) is 6.54 Å². The van der Waals surface area contributed by atoms with Crippen molar-refractivity contribution in [2.75, 3.05) is 32.7 Å². The molecule has 0 aromatic heterocycles. The summed E-state index contributed by atoms with van der Waals surface area (Å²) >= 11 is 0. The van der Waals surface area contributed by atoms with E-state index in [1.165, 1.54) is 25.9 Å². The van der Waals surface area contributed by atoms with E-state index in [1.807, 2.05) is 5.32 Å². The van der Waals surface area contributed by atoms with Gasteiger partial charge in [0.2, 0.25) is 5.91 Å². The summed E-state index contributed by atoms with van der Waals surface area (Å²) in [4.78, 5) is 23.9. The quantitative estimate of drug-likeness (QED) is 0.586. The highest BCUT2D eigenvalue weighted by Crippen LogP contribution is 2.09. The first kappa shape index (κ1) is 13.9. The molecule has 1 rings (SSSR count). The third-order valence-corrected chi connectivity index (χ3v) is 2.81. The van der Waals surface area contributed by atoms with Gasteiger partial charge in [0.25, 0.3) is 0 Å². The number of hydrogen-bond donors (Lipinski definition) is 3. The Morgan fingerprint density at radius 2 is 2.00 bits per heavy atom. The number of rotatable bonds is 6. The first-order valence-corrected chi connectivity index (χ1v) is 6.10. The normalized spacial score (nSPS) is 17.9. The third kappa shape index (κ3) is 6.23. The summed E-state index contributed by atoms with van der Waals surface area (Å²) in [5, 5.41) is 5.03. The summed E-state index contributed by atoms with van der Waals surface area (Å²) in [5.74, 6) is 0.111. The minimum Gasteiger partial charge on any atom is -0.351 e. The van der Waals surface area contributed by atoms with Crippen LogP contribution in [-0.4, -0.2) is 49.6 Å². The lowest BCUT2D eigenvalue weighted by atomic mass is 10.1. The van der Waals surface area contributed by atoms with Crippen LogP contribution in [0.4, 0.5) is 4.79 Å². The van der Waals surface area contributed by atoms with Gasteiger partial charge in [-0.05, 0) is 38.4 Å². The summed E-state index contributed by atoms with van der Waals surface area (Å²) in [5.41, 5.74) is 4.83. The second-order valence-corrected chi connectivity index (χ2v) is 4.66. The fourth-order valence-corrected chi connectivity index (χ4v) is 2.08. The molecule has 98 valence electrons. The van der Waals surface area contributed by atoms with Crippen LogP contribution < -0.4 is 16.4 Å². The lowest BCUT2D eigenvalue weighted by Crippen LogP contribution is -2.42. The van der Waals surface area contributed by atoms with Crippen molar-refractivity contribution in [1.82, 2.24) is 15.5 Å². The zero-order valence-corrected chi connectivity index (χ0v) is 10.4. The molecule has 0 bridgehead atoms. The van der Waals surface area contributed by atoms with Crippen LogP contribution in [0.15, 0.2) is 0 Å². The SMILES string of the molecule is CC(CNCC(=O)NC(N)=O)CN1CCCC1. The van der Waals surface area contributed by atoms with E-state index >= 15 is 0 Å². The zero-order chi connectivity index (χ0) is 12.7. The van der Waals surface area contributed by atoms with Gasteiger partial charge >= 0.3 is 6.03 Å². The topological polar surface area (TPSA) is 87.5 Å². The van der Waals surface area contributed by atoms with Gasteiger partial charge in [-0.1, -0.05) is 6.92 Å². The molecular weight excluding hydrogens is 220 g/mol. The van der Waals surface area contributed by atoms with Crippen LogP contribution in [0.3, 0.4) is 0 Å². The molecule has 0 aliphatic carbocycles. The number of hydrogen-bond acceptors (Lipinski definition) is 4. The Hall–Kier alpha value is -1.14. The van der Waals surface area contributed by atoms with Crippen molar-refractivity contribution in [3.63, 3.8) is 0 Å². The summed E-state index contributed by atoms with van der Waals surface area (Å²) in [6.07, 6.45) is 2.59. The summed E-state index contributed by atoms with van der Waals surface area (Å²) in [7, 11) is 0. The van der Waals surface area contributed by atoms with Crippen LogP contribution in [0.25, 0.3) is 0 Å². The van der Waals surface area contributed by atoms with Crippen LogP contribution in [-0.2, 0) is 4.79 Å². The van der Waals surface area contributed by atoms with Crippen LogP contribution in [0, 0.1) is 5.92 Å². The number of nitrogens with one attached hydrogen (secondary N) is 2. The minimum absolute atomic E-state index is 0.132. The maximum absolute atomic E-state index is 11.1. The lowest BCUT2D eigenvalue weighted by Gasteiger charge is -2.20. The molecule has 1 unspecified atom stereocenters. The van der Waals surface area contributed by atoms with Crippen molar-refractivity contribution in [3.05, 3.63) is 0 Å². The molecule has 6 heteroatoms. The molecule has 0 spiro atoms. The summed E-state index contributed by atoms with van der Waals surface area (Å²) in [6, 6.07) is -0.804. The highest BCUT2D eigenvalue weighted by atomic mass is 16.2. The molecular formula is C11H22N4O2. The van der Waals surface area contributed by atoms with Crippen molar-refractivity contribution >= 4 is 11.9 Å². The molecule has 4 N–H and O–H groups in total. The maximum Gasteiger partial charge on any atom is 0.318 e. The van der Waals surface area contributed by atoms with Crippen LogP contribution >= 0.6 is 0 Å². The third-order valence-electron chi connectivity index (χ3n) is 2.81. The molecule has 3 amide bonds. The van der Waals surface area contributed by atoms with E-state index in [9.17, 15) is 9.59 Å². The molecule has 6 nitrogen and oxygen atoms in total. The number of nitrogens with zero attached hydrogens (tertiary/aromatic N) is 1. The van der Waals surface area contributed by atoms with E-state index in [0.29, 0.717) is 5.92 Å². The van der Waals surface area contributed by atoms with Gasteiger partial charge in [0.15, 0.2) is 0 Å². The summed E-state index contributed by atoms with van der Waals surface area (Å²) in [6.45, 7) is 6.48. The number of carbonyl (C=O) groups is 2. The first-order valence-electron chi connectivity index (χ1n) is 6.10. The standard InChI is InChI=1S/C11H22N4O2/c1-9(8-15-4-2-3-5-15)6-13-7-10(16)14-11(12)17/h9,13H,2-8H2,1H3,(H3,12,14,16,17). The van der Waals surface area contributed by atoms with Crippen molar-refractivity contribution in [2.45, 2.75) is 19.8 Å². The molecule has 1 aliphatic heterocycles. The number of urea groups is 1. The molecule has 0 saturated carbocycles. The second-order valence-electron chi connectivity index (χ2n) is 4.66.